The SMILES string of the molecule is CCCCN(C)C(CN)c1cc(Br)cs1. The molecule has 86 valence electrons. The van der Waals surface area contributed by atoms with E-state index in [4.69, 9.17) is 5.73 Å². The van der Waals surface area contributed by atoms with Gasteiger partial charge in [-0.3, -0.25) is 4.90 Å². The van der Waals surface area contributed by atoms with Crippen molar-refractivity contribution in [1.82, 2.24) is 4.90 Å². The van der Waals surface area contributed by atoms with E-state index in [1.165, 1.54) is 17.7 Å². The second-order valence-electron chi connectivity index (χ2n) is 3.75. The van der Waals surface area contributed by atoms with Gasteiger partial charge < -0.3 is 5.73 Å². The highest BCUT2D eigenvalue weighted by atomic mass is 79.9. The molecule has 1 rings (SSSR count). The molecule has 0 radical (unpaired) electrons. The Morgan fingerprint density at radius 3 is 2.80 bits per heavy atom. The van der Waals surface area contributed by atoms with Gasteiger partial charge in [-0.15, -0.1) is 11.3 Å². The predicted molar refractivity (Wildman–Crippen MR) is 71.4 cm³/mol. The molecule has 1 atom stereocenters. The molecule has 1 aromatic rings. The van der Waals surface area contributed by atoms with Crippen molar-refractivity contribution in [2.24, 2.45) is 5.73 Å². The molecule has 2 nitrogen and oxygen atoms in total. The first-order valence-corrected chi connectivity index (χ1v) is 7.00. The minimum absolute atomic E-state index is 0.368. The van der Waals surface area contributed by atoms with Crippen LogP contribution in [0.4, 0.5) is 0 Å². The molecule has 4 heteroatoms. The van der Waals surface area contributed by atoms with E-state index in [0.717, 1.165) is 11.0 Å². The van der Waals surface area contributed by atoms with Crippen LogP contribution in [0.5, 0.6) is 0 Å². The third-order valence-electron chi connectivity index (χ3n) is 2.54. The molecule has 0 amide bonds. The zero-order valence-electron chi connectivity index (χ0n) is 9.37. The minimum Gasteiger partial charge on any atom is -0.329 e. The van der Waals surface area contributed by atoms with Crippen LogP contribution in [0.15, 0.2) is 15.9 Å². The zero-order valence-corrected chi connectivity index (χ0v) is 11.8. The molecular formula is C11H19BrN2S. The second-order valence-corrected chi connectivity index (χ2v) is 5.61. The van der Waals surface area contributed by atoms with Crippen molar-refractivity contribution < 1.29 is 0 Å². The number of nitrogens with two attached hydrogens (primary N) is 1. The number of unbranched alkanes of at least 4 members (excludes halogenated alkanes) is 1. The molecule has 1 aromatic heterocycles. The minimum atomic E-state index is 0.368. The molecule has 1 unspecified atom stereocenters. The molecule has 0 aliphatic carbocycles. The van der Waals surface area contributed by atoms with E-state index in [1.807, 2.05) is 0 Å². The number of hydrogen-bond acceptors (Lipinski definition) is 3. The van der Waals surface area contributed by atoms with Gasteiger partial charge in [0, 0.05) is 21.3 Å². The quantitative estimate of drug-likeness (QED) is 0.872. The number of rotatable bonds is 6. The molecule has 0 aromatic carbocycles. The van der Waals surface area contributed by atoms with Crippen LogP contribution < -0.4 is 5.73 Å². The van der Waals surface area contributed by atoms with Crippen LogP contribution in [0.25, 0.3) is 0 Å². The number of halogens is 1. The molecule has 0 saturated heterocycles. The molecule has 0 aliphatic heterocycles. The monoisotopic (exact) mass is 290 g/mol. The lowest BCUT2D eigenvalue weighted by Gasteiger charge is -2.25. The first-order chi connectivity index (χ1) is 7.19. The van der Waals surface area contributed by atoms with E-state index in [0.29, 0.717) is 12.6 Å². The van der Waals surface area contributed by atoms with Crippen LogP contribution in [-0.4, -0.2) is 25.0 Å². The summed E-state index contributed by atoms with van der Waals surface area (Å²) in [4.78, 5) is 3.70. The molecule has 0 spiro atoms. The lowest BCUT2D eigenvalue weighted by atomic mass is 10.2. The van der Waals surface area contributed by atoms with E-state index < -0.39 is 0 Å². The Kier molecular flexibility index (Phi) is 5.82. The predicted octanol–water partition coefficient (Wildman–Crippen LogP) is 3.24. The van der Waals surface area contributed by atoms with E-state index in [-0.39, 0.29) is 0 Å². The van der Waals surface area contributed by atoms with E-state index >= 15 is 0 Å². The van der Waals surface area contributed by atoms with Gasteiger partial charge in [-0.1, -0.05) is 13.3 Å². The summed E-state index contributed by atoms with van der Waals surface area (Å²) in [7, 11) is 2.15. The summed E-state index contributed by atoms with van der Waals surface area (Å²) in [5.74, 6) is 0. The Balaban J connectivity index is 2.62. The van der Waals surface area contributed by atoms with Gasteiger partial charge >= 0.3 is 0 Å². The highest BCUT2D eigenvalue weighted by molar-refractivity contribution is 9.10. The number of likely N-dealkylation sites (N-methyl/N-ethyl adjacent to an activating group) is 1. The largest absolute Gasteiger partial charge is 0.329 e. The van der Waals surface area contributed by atoms with E-state index in [1.54, 1.807) is 11.3 Å². The molecule has 0 saturated carbocycles. The van der Waals surface area contributed by atoms with Gasteiger partial charge in [0.25, 0.3) is 0 Å². The van der Waals surface area contributed by atoms with Crippen LogP contribution in [0.2, 0.25) is 0 Å². The number of nitrogens with zero attached hydrogens (tertiary/aromatic N) is 1. The highest BCUT2D eigenvalue weighted by Crippen LogP contribution is 2.28. The van der Waals surface area contributed by atoms with E-state index in [2.05, 4.69) is 46.2 Å². The van der Waals surface area contributed by atoms with Gasteiger partial charge in [-0.25, -0.2) is 0 Å². The van der Waals surface area contributed by atoms with Gasteiger partial charge in [-0.2, -0.15) is 0 Å². The fraction of sp³-hybridized carbons (Fsp3) is 0.636. The van der Waals surface area contributed by atoms with Crippen LogP contribution in [0.1, 0.15) is 30.7 Å². The van der Waals surface area contributed by atoms with Crippen molar-refractivity contribution in [1.29, 1.82) is 0 Å². The average molecular weight is 291 g/mol. The smallest absolute Gasteiger partial charge is 0.0562 e. The highest BCUT2D eigenvalue weighted by Gasteiger charge is 2.16. The van der Waals surface area contributed by atoms with Crippen molar-refractivity contribution in [3.05, 3.63) is 20.8 Å². The zero-order chi connectivity index (χ0) is 11.3. The van der Waals surface area contributed by atoms with Crippen LogP contribution in [0.3, 0.4) is 0 Å². The molecule has 0 bridgehead atoms. The molecule has 2 N–H and O–H groups in total. The van der Waals surface area contributed by atoms with Crippen LogP contribution in [0, 0.1) is 0 Å². The Morgan fingerprint density at radius 2 is 2.33 bits per heavy atom. The van der Waals surface area contributed by atoms with Crippen molar-refractivity contribution in [2.45, 2.75) is 25.8 Å². The van der Waals surface area contributed by atoms with Crippen molar-refractivity contribution in [2.75, 3.05) is 20.1 Å². The van der Waals surface area contributed by atoms with Crippen molar-refractivity contribution >= 4 is 27.3 Å². The van der Waals surface area contributed by atoms with Crippen molar-refractivity contribution in [3.8, 4) is 0 Å². The summed E-state index contributed by atoms with van der Waals surface area (Å²) >= 11 is 5.26. The fourth-order valence-corrected chi connectivity index (χ4v) is 3.20. The summed E-state index contributed by atoms with van der Waals surface area (Å²) in [5.41, 5.74) is 5.84. The van der Waals surface area contributed by atoms with Gasteiger partial charge in [0.15, 0.2) is 0 Å². The Hall–Kier alpha value is 0.1000. The van der Waals surface area contributed by atoms with Gasteiger partial charge in [0.05, 0.1) is 6.04 Å². The van der Waals surface area contributed by atoms with Crippen LogP contribution in [-0.2, 0) is 0 Å². The van der Waals surface area contributed by atoms with Crippen molar-refractivity contribution in [3.63, 3.8) is 0 Å². The lowest BCUT2D eigenvalue weighted by molar-refractivity contribution is 0.250. The number of hydrogen-bond donors (Lipinski definition) is 1. The third-order valence-corrected chi connectivity index (χ3v) is 4.33. The summed E-state index contributed by atoms with van der Waals surface area (Å²) in [6, 6.07) is 2.54. The standard InChI is InChI=1S/C11H19BrN2S/c1-3-4-5-14(2)10(7-13)11-6-9(12)8-15-11/h6,8,10H,3-5,7,13H2,1-2H3. The van der Waals surface area contributed by atoms with Gasteiger partial charge in [0.2, 0.25) is 0 Å². The summed E-state index contributed by atoms with van der Waals surface area (Å²) < 4.78 is 1.16. The molecular weight excluding hydrogens is 272 g/mol. The maximum absolute atomic E-state index is 5.84. The normalized spacial score (nSPS) is 13.4. The maximum atomic E-state index is 5.84. The summed E-state index contributed by atoms with van der Waals surface area (Å²) in [6.45, 7) is 4.02. The molecule has 15 heavy (non-hydrogen) atoms. The lowest BCUT2D eigenvalue weighted by Crippen LogP contribution is -2.30. The Morgan fingerprint density at radius 1 is 1.60 bits per heavy atom. The van der Waals surface area contributed by atoms with Gasteiger partial charge in [-0.05, 0) is 42.0 Å². The Bertz CT molecular complexity index is 288. The summed E-state index contributed by atoms with van der Waals surface area (Å²) in [5, 5.41) is 2.12. The van der Waals surface area contributed by atoms with E-state index in [9.17, 15) is 0 Å². The number of thiophene rings is 1. The molecule has 0 fully saturated rings. The average Bonchev–Trinajstić information content (AvgIpc) is 2.63. The summed E-state index contributed by atoms with van der Waals surface area (Å²) in [6.07, 6.45) is 2.47. The fourth-order valence-electron chi connectivity index (χ4n) is 1.58. The molecule has 1 heterocycles. The van der Waals surface area contributed by atoms with Gasteiger partial charge in [0.1, 0.15) is 0 Å². The third kappa shape index (κ3) is 3.87. The second kappa shape index (κ2) is 6.63. The first kappa shape index (κ1) is 13.2. The first-order valence-electron chi connectivity index (χ1n) is 5.33. The molecule has 0 aliphatic rings. The Labute approximate surface area is 105 Å². The van der Waals surface area contributed by atoms with Crippen LogP contribution >= 0.6 is 27.3 Å². The maximum Gasteiger partial charge on any atom is 0.0562 e. The topological polar surface area (TPSA) is 29.3 Å².